The molecule has 2 fully saturated rings. The molecule has 1 aliphatic carbocycles. The van der Waals surface area contributed by atoms with Crippen LogP contribution < -0.4 is 5.73 Å². The Kier molecular flexibility index (Phi) is 3.84. The van der Waals surface area contributed by atoms with Crippen molar-refractivity contribution < 1.29 is 0 Å². The number of nitrogens with two attached hydrogens (primary N) is 1. The molecule has 0 amide bonds. The Bertz CT molecular complexity index is 262. The van der Waals surface area contributed by atoms with Crippen LogP contribution in [0, 0.1) is 5.41 Å². The predicted octanol–water partition coefficient (Wildman–Crippen LogP) is 3.16. The second kappa shape index (κ2) is 4.89. The minimum Gasteiger partial charge on any atom is -0.329 e. The molecule has 2 atom stereocenters. The van der Waals surface area contributed by atoms with Gasteiger partial charge in [0.1, 0.15) is 0 Å². The van der Waals surface area contributed by atoms with Crippen molar-refractivity contribution in [1.82, 2.24) is 4.90 Å². The molecule has 1 saturated heterocycles. The molecule has 1 aliphatic heterocycles. The van der Waals surface area contributed by atoms with Gasteiger partial charge in [0.25, 0.3) is 0 Å². The smallest absolute Gasteiger partial charge is 0.0385 e. The van der Waals surface area contributed by atoms with E-state index in [1.54, 1.807) is 0 Å². The maximum atomic E-state index is 6.27. The van der Waals surface area contributed by atoms with Gasteiger partial charge in [0.2, 0.25) is 0 Å². The second-order valence-corrected chi connectivity index (χ2v) is 6.86. The second-order valence-electron chi connectivity index (χ2n) is 6.86. The molecule has 1 saturated carbocycles. The molecular formula is C15H30N2. The zero-order valence-electron chi connectivity index (χ0n) is 12.0. The summed E-state index contributed by atoms with van der Waals surface area (Å²) in [5.41, 5.74) is 6.91. The van der Waals surface area contributed by atoms with Crippen LogP contribution in [0.3, 0.4) is 0 Å². The van der Waals surface area contributed by atoms with Crippen molar-refractivity contribution in [3.05, 3.63) is 0 Å². The topological polar surface area (TPSA) is 29.3 Å². The van der Waals surface area contributed by atoms with Gasteiger partial charge >= 0.3 is 0 Å². The van der Waals surface area contributed by atoms with Crippen molar-refractivity contribution in [3.63, 3.8) is 0 Å². The van der Waals surface area contributed by atoms with E-state index in [-0.39, 0.29) is 5.54 Å². The van der Waals surface area contributed by atoms with Gasteiger partial charge in [0, 0.05) is 18.1 Å². The molecule has 2 aliphatic rings. The van der Waals surface area contributed by atoms with Crippen LogP contribution in [0.5, 0.6) is 0 Å². The van der Waals surface area contributed by atoms with E-state index >= 15 is 0 Å². The molecule has 100 valence electrons. The lowest BCUT2D eigenvalue weighted by molar-refractivity contribution is -0.0758. The van der Waals surface area contributed by atoms with Gasteiger partial charge < -0.3 is 5.73 Å². The van der Waals surface area contributed by atoms with Gasteiger partial charge in [-0.3, -0.25) is 4.90 Å². The molecule has 1 heterocycles. The fourth-order valence-electron chi connectivity index (χ4n) is 4.32. The van der Waals surface area contributed by atoms with Gasteiger partial charge in [0.05, 0.1) is 0 Å². The van der Waals surface area contributed by atoms with E-state index in [1.165, 1.54) is 51.5 Å². The van der Waals surface area contributed by atoms with E-state index in [2.05, 4.69) is 25.7 Å². The first kappa shape index (κ1) is 13.4. The Morgan fingerprint density at radius 2 is 1.82 bits per heavy atom. The van der Waals surface area contributed by atoms with Crippen LogP contribution in [0.4, 0.5) is 0 Å². The van der Waals surface area contributed by atoms with Gasteiger partial charge in [-0.2, -0.15) is 0 Å². The quantitative estimate of drug-likeness (QED) is 0.800. The minimum atomic E-state index is 0.269. The molecular weight excluding hydrogens is 208 g/mol. The van der Waals surface area contributed by atoms with Crippen LogP contribution in [-0.2, 0) is 0 Å². The first-order chi connectivity index (χ1) is 8.03. The van der Waals surface area contributed by atoms with Crippen molar-refractivity contribution >= 4 is 0 Å². The first-order valence-corrected chi connectivity index (χ1v) is 7.50. The van der Waals surface area contributed by atoms with E-state index in [0.717, 1.165) is 12.6 Å². The molecule has 2 rings (SSSR count). The number of hydrogen-bond donors (Lipinski definition) is 1. The third-order valence-electron chi connectivity index (χ3n) is 5.59. The summed E-state index contributed by atoms with van der Waals surface area (Å²) in [5, 5.41) is 0. The van der Waals surface area contributed by atoms with Gasteiger partial charge in [-0.15, -0.1) is 0 Å². The highest BCUT2D eigenvalue weighted by atomic mass is 15.3. The summed E-state index contributed by atoms with van der Waals surface area (Å²) < 4.78 is 0. The van der Waals surface area contributed by atoms with Crippen LogP contribution >= 0.6 is 0 Å². The molecule has 17 heavy (non-hydrogen) atoms. The van der Waals surface area contributed by atoms with Crippen molar-refractivity contribution in [2.75, 3.05) is 13.1 Å². The van der Waals surface area contributed by atoms with E-state index < -0.39 is 0 Å². The molecule has 2 heteroatoms. The lowest BCUT2D eigenvalue weighted by atomic mass is 9.61. The summed E-state index contributed by atoms with van der Waals surface area (Å²) in [7, 11) is 0. The maximum absolute atomic E-state index is 6.27. The Labute approximate surface area is 107 Å². The molecule has 2 nitrogen and oxygen atoms in total. The number of nitrogens with zero attached hydrogens (tertiary/aromatic N) is 1. The normalized spacial score (nSPS) is 39.2. The minimum absolute atomic E-state index is 0.269. The third-order valence-corrected chi connectivity index (χ3v) is 5.59. The van der Waals surface area contributed by atoms with Crippen molar-refractivity contribution in [3.8, 4) is 0 Å². The standard InChI is InChI=1S/C15H30N2/c1-13-8-4-7-11-17(13)15(12-16)10-6-5-9-14(15,2)3/h13H,4-12,16H2,1-3H3. The number of hydrogen-bond acceptors (Lipinski definition) is 2. The average Bonchev–Trinajstić information content (AvgIpc) is 2.30. The van der Waals surface area contributed by atoms with Crippen molar-refractivity contribution in [1.29, 1.82) is 0 Å². The van der Waals surface area contributed by atoms with Crippen LogP contribution in [0.2, 0.25) is 0 Å². The van der Waals surface area contributed by atoms with Crippen LogP contribution in [-0.4, -0.2) is 29.6 Å². The molecule has 0 bridgehead atoms. The van der Waals surface area contributed by atoms with E-state index in [1.807, 2.05) is 0 Å². The van der Waals surface area contributed by atoms with Crippen molar-refractivity contribution in [2.24, 2.45) is 11.1 Å². The summed E-state index contributed by atoms with van der Waals surface area (Å²) in [6.45, 7) is 9.40. The summed E-state index contributed by atoms with van der Waals surface area (Å²) >= 11 is 0. The highest BCUT2D eigenvalue weighted by Gasteiger charge is 2.50. The van der Waals surface area contributed by atoms with Gasteiger partial charge in [-0.1, -0.05) is 33.1 Å². The van der Waals surface area contributed by atoms with E-state index in [0.29, 0.717) is 5.41 Å². The third kappa shape index (κ3) is 2.15. The lowest BCUT2D eigenvalue weighted by Crippen LogP contribution is -2.66. The average molecular weight is 238 g/mol. The summed E-state index contributed by atoms with van der Waals surface area (Å²) in [6, 6.07) is 0.727. The Morgan fingerprint density at radius 3 is 2.41 bits per heavy atom. The summed E-state index contributed by atoms with van der Waals surface area (Å²) in [6.07, 6.45) is 9.52. The molecule has 0 radical (unpaired) electrons. The fraction of sp³-hybridized carbons (Fsp3) is 1.00. The largest absolute Gasteiger partial charge is 0.329 e. The highest BCUT2D eigenvalue weighted by Crippen LogP contribution is 2.48. The molecule has 2 unspecified atom stereocenters. The number of rotatable bonds is 2. The summed E-state index contributed by atoms with van der Waals surface area (Å²) in [5.74, 6) is 0. The molecule has 0 aromatic rings. The first-order valence-electron chi connectivity index (χ1n) is 7.50. The zero-order chi connectivity index (χ0) is 12.5. The van der Waals surface area contributed by atoms with Crippen LogP contribution in [0.1, 0.15) is 65.7 Å². The SMILES string of the molecule is CC1CCCCN1C1(CN)CCCCC1(C)C. The number of piperidine rings is 1. The van der Waals surface area contributed by atoms with Gasteiger partial charge in [-0.05, 0) is 44.6 Å². The Morgan fingerprint density at radius 1 is 1.12 bits per heavy atom. The molecule has 0 spiro atoms. The Hall–Kier alpha value is -0.0800. The Balaban J connectivity index is 2.27. The molecule has 0 aromatic carbocycles. The monoisotopic (exact) mass is 238 g/mol. The van der Waals surface area contributed by atoms with Crippen LogP contribution in [0.15, 0.2) is 0 Å². The molecule has 0 aromatic heterocycles. The summed E-state index contributed by atoms with van der Waals surface area (Å²) in [4.78, 5) is 2.77. The predicted molar refractivity (Wildman–Crippen MR) is 74.1 cm³/mol. The zero-order valence-corrected chi connectivity index (χ0v) is 12.0. The van der Waals surface area contributed by atoms with Crippen LogP contribution in [0.25, 0.3) is 0 Å². The maximum Gasteiger partial charge on any atom is 0.0385 e. The van der Waals surface area contributed by atoms with Gasteiger partial charge in [0.15, 0.2) is 0 Å². The highest BCUT2D eigenvalue weighted by molar-refractivity contribution is 5.06. The van der Waals surface area contributed by atoms with E-state index in [4.69, 9.17) is 5.73 Å². The fourth-order valence-corrected chi connectivity index (χ4v) is 4.32. The lowest BCUT2D eigenvalue weighted by Gasteiger charge is -2.59. The van der Waals surface area contributed by atoms with E-state index in [9.17, 15) is 0 Å². The number of likely N-dealkylation sites (tertiary alicyclic amines) is 1. The van der Waals surface area contributed by atoms with Crippen molar-refractivity contribution in [2.45, 2.75) is 77.3 Å². The van der Waals surface area contributed by atoms with Gasteiger partial charge in [-0.25, -0.2) is 0 Å². The molecule has 2 N–H and O–H groups in total.